The topological polar surface area (TPSA) is 64.4 Å². The largest absolute Gasteiger partial charge is 0.495 e. The number of nitrogens with one attached hydrogen (secondary N) is 1. The van der Waals surface area contributed by atoms with Crippen molar-refractivity contribution in [3.8, 4) is 5.75 Å². The Hall–Kier alpha value is -2.30. The maximum absolute atomic E-state index is 12.7. The molecule has 1 aromatic carbocycles. The third-order valence-electron chi connectivity index (χ3n) is 3.40. The van der Waals surface area contributed by atoms with E-state index in [2.05, 4.69) is 10.5 Å². The number of nitrogens with zero attached hydrogens (tertiary/aromatic N) is 1. The summed E-state index contributed by atoms with van der Waals surface area (Å²) in [6.07, 6.45) is 0. The first-order valence-corrected chi connectivity index (χ1v) is 7.16. The van der Waals surface area contributed by atoms with E-state index >= 15 is 0 Å². The first-order chi connectivity index (χ1) is 10.2. The average molecular weight is 302 g/mol. The maximum atomic E-state index is 12.7. The second-order valence-electron chi connectivity index (χ2n) is 6.37. The molecule has 0 aliphatic heterocycles. The van der Waals surface area contributed by atoms with E-state index in [9.17, 15) is 4.79 Å². The Morgan fingerprint density at radius 2 is 1.95 bits per heavy atom. The summed E-state index contributed by atoms with van der Waals surface area (Å²) in [5.74, 6) is 0.881. The van der Waals surface area contributed by atoms with Crippen LogP contribution in [-0.4, -0.2) is 18.2 Å². The van der Waals surface area contributed by atoms with E-state index in [1.807, 2.05) is 45.9 Å². The molecule has 0 saturated carbocycles. The Labute approximate surface area is 130 Å². The van der Waals surface area contributed by atoms with Crippen molar-refractivity contribution in [2.45, 2.75) is 40.0 Å². The standard InChI is InChI=1S/C17H22N2O3/c1-10-7-8-13(21-6)12(9-10)18-16(20)14-11(2)22-19-15(14)17(3,4)5/h7-9H,1-6H3,(H,18,20). The molecule has 0 unspecified atom stereocenters. The molecule has 0 radical (unpaired) electrons. The molecule has 0 aliphatic rings. The van der Waals surface area contributed by atoms with Crippen molar-refractivity contribution in [2.75, 3.05) is 12.4 Å². The van der Waals surface area contributed by atoms with E-state index in [0.717, 1.165) is 5.56 Å². The van der Waals surface area contributed by atoms with Gasteiger partial charge < -0.3 is 14.6 Å². The number of hydrogen-bond acceptors (Lipinski definition) is 4. The first-order valence-electron chi connectivity index (χ1n) is 7.16. The minimum Gasteiger partial charge on any atom is -0.495 e. The Morgan fingerprint density at radius 1 is 1.27 bits per heavy atom. The minimum absolute atomic E-state index is 0.243. The van der Waals surface area contributed by atoms with Gasteiger partial charge in [-0.05, 0) is 31.5 Å². The van der Waals surface area contributed by atoms with E-state index in [-0.39, 0.29) is 11.3 Å². The number of aryl methyl sites for hydroxylation is 2. The van der Waals surface area contributed by atoms with Gasteiger partial charge in [0.25, 0.3) is 5.91 Å². The fourth-order valence-electron chi connectivity index (χ4n) is 2.26. The fraction of sp³-hybridized carbons (Fsp3) is 0.412. The number of aromatic nitrogens is 1. The zero-order valence-corrected chi connectivity index (χ0v) is 13.9. The molecule has 0 saturated heterocycles. The summed E-state index contributed by atoms with van der Waals surface area (Å²) < 4.78 is 10.5. The molecule has 1 amide bonds. The van der Waals surface area contributed by atoms with Crippen molar-refractivity contribution in [2.24, 2.45) is 0 Å². The van der Waals surface area contributed by atoms with Crippen LogP contribution in [0.15, 0.2) is 22.7 Å². The summed E-state index contributed by atoms with van der Waals surface area (Å²) in [6.45, 7) is 9.68. The van der Waals surface area contributed by atoms with E-state index in [1.54, 1.807) is 14.0 Å². The summed E-state index contributed by atoms with van der Waals surface area (Å²) >= 11 is 0. The summed E-state index contributed by atoms with van der Waals surface area (Å²) in [5, 5.41) is 6.94. The van der Waals surface area contributed by atoms with Gasteiger partial charge in [0, 0.05) is 5.41 Å². The first kappa shape index (κ1) is 16.1. The summed E-state index contributed by atoms with van der Waals surface area (Å²) in [5.41, 5.74) is 2.52. The lowest BCUT2D eigenvalue weighted by molar-refractivity contribution is 0.102. The van der Waals surface area contributed by atoms with Gasteiger partial charge in [0.2, 0.25) is 0 Å². The molecule has 0 fully saturated rings. The number of benzene rings is 1. The Balaban J connectivity index is 2.39. The van der Waals surface area contributed by atoms with Crippen molar-refractivity contribution < 1.29 is 14.1 Å². The second kappa shape index (κ2) is 5.83. The number of anilines is 1. The van der Waals surface area contributed by atoms with Crippen LogP contribution in [0.3, 0.4) is 0 Å². The van der Waals surface area contributed by atoms with Crippen LogP contribution in [-0.2, 0) is 5.41 Å². The van der Waals surface area contributed by atoms with Gasteiger partial charge in [0.15, 0.2) is 0 Å². The highest BCUT2D eigenvalue weighted by Gasteiger charge is 2.29. The van der Waals surface area contributed by atoms with Crippen molar-refractivity contribution in [3.05, 3.63) is 40.8 Å². The molecule has 1 N–H and O–H groups in total. The van der Waals surface area contributed by atoms with Crippen LogP contribution in [0.25, 0.3) is 0 Å². The normalized spacial score (nSPS) is 11.4. The van der Waals surface area contributed by atoms with Gasteiger partial charge in [-0.2, -0.15) is 0 Å². The zero-order chi connectivity index (χ0) is 16.5. The molecule has 1 aromatic heterocycles. The van der Waals surface area contributed by atoms with E-state index in [1.165, 1.54) is 0 Å². The number of amides is 1. The third kappa shape index (κ3) is 3.13. The van der Waals surface area contributed by atoms with Gasteiger partial charge in [-0.1, -0.05) is 32.0 Å². The van der Waals surface area contributed by atoms with Crippen LogP contribution in [0, 0.1) is 13.8 Å². The predicted octanol–water partition coefficient (Wildman–Crippen LogP) is 3.85. The summed E-state index contributed by atoms with van der Waals surface area (Å²) in [6, 6.07) is 5.63. The monoisotopic (exact) mass is 302 g/mol. The van der Waals surface area contributed by atoms with Crippen LogP contribution in [0.5, 0.6) is 5.75 Å². The van der Waals surface area contributed by atoms with Crippen molar-refractivity contribution in [1.82, 2.24) is 5.16 Å². The molecule has 22 heavy (non-hydrogen) atoms. The maximum Gasteiger partial charge on any atom is 0.261 e. The van der Waals surface area contributed by atoms with E-state index in [0.29, 0.717) is 28.5 Å². The van der Waals surface area contributed by atoms with Crippen LogP contribution >= 0.6 is 0 Å². The van der Waals surface area contributed by atoms with Crippen LogP contribution < -0.4 is 10.1 Å². The van der Waals surface area contributed by atoms with Crippen LogP contribution in [0.1, 0.15) is 48.1 Å². The van der Waals surface area contributed by atoms with E-state index in [4.69, 9.17) is 9.26 Å². The molecule has 0 bridgehead atoms. The molecular formula is C17H22N2O3. The number of carbonyl (C=O) groups is 1. The number of methoxy groups -OCH3 is 1. The Kier molecular flexibility index (Phi) is 4.26. The lowest BCUT2D eigenvalue weighted by atomic mass is 9.88. The molecule has 118 valence electrons. The van der Waals surface area contributed by atoms with Gasteiger partial charge in [-0.15, -0.1) is 0 Å². The number of rotatable bonds is 3. The second-order valence-corrected chi connectivity index (χ2v) is 6.37. The smallest absolute Gasteiger partial charge is 0.261 e. The van der Waals surface area contributed by atoms with Gasteiger partial charge >= 0.3 is 0 Å². The van der Waals surface area contributed by atoms with Crippen molar-refractivity contribution in [1.29, 1.82) is 0 Å². The highest BCUT2D eigenvalue weighted by molar-refractivity contribution is 6.06. The predicted molar refractivity (Wildman–Crippen MR) is 85.6 cm³/mol. The lowest BCUT2D eigenvalue weighted by Gasteiger charge is -2.17. The lowest BCUT2D eigenvalue weighted by Crippen LogP contribution is -2.21. The molecule has 2 aromatic rings. The van der Waals surface area contributed by atoms with Gasteiger partial charge in [-0.25, -0.2) is 0 Å². The Bertz CT molecular complexity index is 696. The van der Waals surface area contributed by atoms with Crippen molar-refractivity contribution >= 4 is 11.6 Å². The molecule has 1 heterocycles. The van der Waals surface area contributed by atoms with Crippen molar-refractivity contribution in [3.63, 3.8) is 0 Å². The van der Waals surface area contributed by atoms with Gasteiger partial charge in [-0.3, -0.25) is 4.79 Å². The molecular weight excluding hydrogens is 280 g/mol. The molecule has 5 heteroatoms. The molecule has 0 atom stereocenters. The van der Waals surface area contributed by atoms with E-state index < -0.39 is 0 Å². The van der Waals surface area contributed by atoms with Gasteiger partial charge in [0.05, 0.1) is 12.8 Å². The molecule has 5 nitrogen and oxygen atoms in total. The summed E-state index contributed by atoms with van der Waals surface area (Å²) in [7, 11) is 1.57. The number of hydrogen-bond donors (Lipinski definition) is 1. The zero-order valence-electron chi connectivity index (χ0n) is 13.9. The van der Waals surface area contributed by atoms with Crippen LogP contribution in [0.2, 0.25) is 0 Å². The average Bonchev–Trinajstić information content (AvgIpc) is 2.81. The molecule has 0 aliphatic carbocycles. The summed E-state index contributed by atoms with van der Waals surface area (Å²) in [4.78, 5) is 12.7. The molecule has 0 spiro atoms. The highest BCUT2D eigenvalue weighted by atomic mass is 16.5. The molecule has 2 rings (SSSR count). The third-order valence-corrected chi connectivity index (χ3v) is 3.40. The highest BCUT2D eigenvalue weighted by Crippen LogP contribution is 2.30. The van der Waals surface area contributed by atoms with Gasteiger partial charge in [0.1, 0.15) is 22.8 Å². The minimum atomic E-state index is -0.277. The number of carbonyl (C=O) groups excluding carboxylic acids is 1. The quantitative estimate of drug-likeness (QED) is 0.935. The van der Waals surface area contributed by atoms with Crippen LogP contribution in [0.4, 0.5) is 5.69 Å². The fourth-order valence-corrected chi connectivity index (χ4v) is 2.26. The number of ether oxygens (including phenoxy) is 1. The Morgan fingerprint density at radius 3 is 2.55 bits per heavy atom. The SMILES string of the molecule is COc1ccc(C)cc1NC(=O)c1c(C(C)(C)C)noc1C.